The summed E-state index contributed by atoms with van der Waals surface area (Å²) in [5.74, 6) is -1.72. The maximum absolute atomic E-state index is 14.5. The quantitative estimate of drug-likeness (QED) is 0.300. The fraction of sp³-hybridized carbons (Fsp3) is 0.556. The lowest BCUT2D eigenvalue weighted by Crippen LogP contribution is -2.57. The minimum absolute atomic E-state index is 0.205. The molecule has 3 amide bonds. The van der Waals surface area contributed by atoms with Crippen molar-refractivity contribution in [3.8, 4) is 0 Å². The highest BCUT2D eigenvalue weighted by molar-refractivity contribution is 5.94. The van der Waals surface area contributed by atoms with Crippen LogP contribution in [0.5, 0.6) is 0 Å². The van der Waals surface area contributed by atoms with Crippen LogP contribution in [0.25, 0.3) is 0 Å². The number of carbonyl (C=O) groups excluding carboxylic acids is 4. The van der Waals surface area contributed by atoms with E-state index in [9.17, 15) is 19.2 Å². The molecule has 1 aliphatic carbocycles. The van der Waals surface area contributed by atoms with E-state index in [1.165, 1.54) is 0 Å². The van der Waals surface area contributed by atoms with Crippen molar-refractivity contribution in [3.63, 3.8) is 0 Å². The molecule has 1 aliphatic rings. The molecule has 246 valence electrons. The van der Waals surface area contributed by atoms with Crippen molar-refractivity contribution in [2.24, 2.45) is 5.92 Å². The van der Waals surface area contributed by atoms with Gasteiger partial charge in [0.1, 0.15) is 29.3 Å². The number of ether oxygens (including phenoxy) is 2. The molecule has 45 heavy (non-hydrogen) atoms. The second-order valence-electron chi connectivity index (χ2n) is 14.4. The summed E-state index contributed by atoms with van der Waals surface area (Å²) >= 11 is 0. The number of rotatable bonds is 11. The largest absolute Gasteiger partial charge is 0.458 e. The highest BCUT2D eigenvalue weighted by atomic mass is 16.6. The fourth-order valence-corrected chi connectivity index (χ4v) is 5.12. The molecule has 3 rings (SSSR count). The molecule has 1 saturated carbocycles. The van der Waals surface area contributed by atoms with Crippen LogP contribution in [0.1, 0.15) is 96.5 Å². The first-order chi connectivity index (χ1) is 20.9. The number of hydrogen-bond acceptors (Lipinski definition) is 6. The number of amides is 3. The van der Waals surface area contributed by atoms with Crippen LogP contribution < -0.4 is 10.6 Å². The number of benzene rings is 2. The van der Waals surface area contributed by atoms with Crippen LogP contribution in [-0.4, -0.2) is 58.1 Å². The number of hydrogen-bond donors (Lipinski definition) is 2. The molecule has 0 saturated heterocycles. The van der Waals surface area contributed by atoms with Gasteiger partial charge in [-0.05, 0) is 90.8 Å². The van der Waals surface area contributed by atoms with E-state index >= 15 is 0 Å². The van der Waals surface area contributed by atoms with Crippen molar-refractivity contribution in [3.05, 3.63) is 70.8 Å². The van der Waals surface area contributed by atoms with E-state index in [2.05, 4.69) is 10.6 Å². The van der Waals surface area contributed by atoms with Crippen LogP contribution in [0.2, 0.25) is 0 Å². The molecule has 2 aromatic rings. The van der Waals surface area contributed by atoms with Gasteiger partial charge in [-0.25, -0.2) is 9.59 Å². The van der Waals surface area contributed by atoms with Gasteiger partial charge >= 0.3 is 12.1 Å². The van der Waals surface area contributed by atoms with Gasteiger partial charge in [0, 0.05) is 12.5 Å². The van der Waals surface area contributed by atoms with Gasteiger partial charge in [0.2, 0.25) is 11.8 Å². The molecular weight excluding hydrogens is 570 g/mol. The van der Waals surface area contributed by atoms with Gasteiger partial charge in [0.15, 0.2) is 0 Å². The van der Waals surface area contributed by atoms with Gasteiger partial charge in [-0.3, -0.25) is 9.59 Å². The first kappa shape index (κ1) is 35.6. The molecule has 0 aliphatic heterocycles. The van der Waals surface area contributed by atoms with Crippen LogP contribution in [0.3, 0.4) is 0 Å². The second-order valence-corrected chi connectivity index (χ2v) is 14.4. The zero-order valence-electron chi connectivity index (χ0n) is 28.5. The Hall–Kier alpha value is -3.88. The number of esters is 1. The highest BCUT2D eigenvalue weighted by Crippen LogP contribution is 2.37. The summed E-state index contributed by atoms with van der Waals surface area (Å²) in [7, 11) is 0. The van der Waals surface area contributed by atoms with Crippen molar-refractivity contribution < 1.29 is 28.7 Å². The molecule has 2 aromatic carbocycles. The SMILES string of the molecule is Cc1ccc(C)c(C(C(=O)NC(Cc2ccccc2)C(=O)OC(C)(C)C)N(C(=O)C(NC(=O)OC(C)(C)C)C(C)C)C2CC2)c1. The van der Waals surface area contributed by atoms with Crippen molar-refractivity contribution in [1.82, 2.24) is 15.5 Å². The average molecular weight is 622 g/mol. The monoisotopic (exact) mass is 621 g/mol. The van der Waals surface area contributed by atoms with Crippen molar-refractivity contribution in [2.75, 3.05) is 0 Å². The normalized spacial score (nSPS) is 15.4. The lowest BCUT2D eigenvalue weighted by Gasteiger charge is -2.37. The molecule has 2 N–H and O–H groups in total. The van der Waals surface area contributed by atoms with E-state index in [0.29, 0.717) is 5.56 Å². The highest BCUT2D eigenvalue weighted by Gasteiger charge is 2.46. The lowest BCUT2D eigenvalue weighted by molar-refractivity contribution is -0.159. The molecule has 0 radical (unpaired) electrons. The first-order valence-corrected chi connectivity index (χ1v) is 15.8. The first-order valence-electron chi connectivity index (χ1n) is 15.8. The Bertz CT molecular complexity index is 1360. The average Bonchev–Trinajstić information content (AvgIpc) is 3.75. The minimum Gasteiger partial charge on any atom is -0.458 e. The Kier molecular flexibility index (Phi) is 11.5. The van der Waals surface area contributed by atoms with Crippen LogP contribution in [0.15, 0.2) is 48.5 Å². The molecule has 3 atom stereocenters. The van der Waals surface area contributed by atoms with Crippen molar-refractivity contribution >= 4 is 23.9 Å². The number of aryl methyl sites for hydroxylation is 2. The van der Waals surface area contributed by atoms with Crippen LogP contribution >= 0.6 is 0 Å². The predicted octanol–water partition coefficient (Wildman–Crippen LogP) is 5.95. The number of nitrogens with one attached hydrogen (secondary N) is 2. The third kappa shape index (κ3) is 10.6. The Labute approximate surface area is 268 Å². The van der Waals surface area contributed by atoms with Gasteiger partial charge in [-0.15, -0.1) is 0 Å². The van der Waals surface area contributed by atoms with Crippen LogP contribution in [0, 0.1) is 19.8 Å². The predicted molar refractivity (Wildman–Crippen MR) is 174 cm³/mol. The number of carbonyl (C=O) groups is 4. The molecule has 9 nitrogen and oxygen atoms in total. The Morgan fingerprint density at radius 1 is 0.867 bits per heavy atom. The smallest absolute Gasteiger partial charge is 0.408 e. The van der Waals surface area contributed by atoms with E-state index in [4.69, 9.17) is 9.47 Å². The van der Waals surface area contributed by atoms with Gasteiger partial charge in [-0.2, -0.15) is 0 Å². The molecule has 0 bridgehead atoms. The van der Waals surface area contributed by atoms with E-state index in [1.54, 1.807) is 46.4 Å². The van der Waals surface area contributed by atoms with E-state index < -0.39 is 47.3 Å². The maximum atomic E-state index is 14.5. The summed E-state index contributed by atoms with van der Waals surface area (Å²) in [5, 5.41) is 5.74. The van der Waals surface area contributed by atoms with Gasteiger partial charge in [0.05, 0.1) is 0 Å². The topological polar surface area (TPSA) is 114 Å². The Morgan fingerprint density at radius 3 is 2.00 bits per heavy atom. The zero-order valence-corrected chi connectivity index (χ0v) is 28.5. The molecule has 9 heteroatoms. The lowest BCUT2D eigenvalue weighted by atomic mass is 9.94. The molecule has 3 unspecified atom stereocenters. The minimum atomic E-state index is -1.05. The Morgan fingerprint density at radius 2 is 1.47 bits per heavy atom. The molecule has 0 aromatic heterocycles. The summed E-state index contributed by atoms with van der Waals surface area (Å²) in [6.45, 7) is 18.1. The number of alkyl carbamates (subject to hydrolysis) is 1. The maximum Gasteiger partial charge on any atom is 0.408 e. The van der Waals surface area contributed by atoms with Crippen molar-refractivity contribution in [2.45, 2.75) is 124 Å². The molecule has 0 spiro atoms. The third-order valence-corrected chi connectivity index (χ3v) is 7.35. The van der Waals surface area contributed by atoms with Crippen molar-refractivity contribution in [1.29, 1.82) is 0 Å². The van der Waals surface area contributed by atoms with Gasteiger partial charge in [-0.1, -0.05) is 67.9 Å². The van der Waals surface area contributed by atoms with E-state index in [0.717, 1.165) is 29.5 Å². The molecule has 0 heterocycles. The van der Waals surface area contributed by atoms with E-state index in [1.807, 2.05) is 76.2 Å². The van der Waals surface area contributed by atoms with Gasteiger partial charge in [0.25, 0.3) is 0 Å². The molecule has 1 fully saturated rings. The molecular formula is C36H51N3O6. The second kappa shape index (κ2) is 14.5. The number of nitrogens with zero attached hydrogens (tertiary/aromatic N) is 1. The van der Waals surface area contributed by atoms with Gasteiger partial charge < -0.3 is 25.0 Å². The standard InChI is InChI=1S/C36H51N3O6/c1-22(2)29(38-34(43)45-36(8,9)10)32(41)39(26-18-19-26)30(27-20-23(3)16-17-24(27)4)31(40)37-28(33(42)44-35(5,6)7)21-25-14-12-11-13-15-25/h11-17,20,22,26,28-30H,18-19,21H2,1-10H3,(H,37,40)(H,38,43). The summed E-state index contributed by atoms with van der Waals surface area (Å²) in [5.41, 5.74) is 1.76. The summed E-state index contributed by atoms with van der Waals surface area (Å²) < 4.78 is 11.2. The van der Waals surface area contributed by atoms with Crippen LogP contribution in [0.4, 0.5) is 4.79 Å². The summed E-state index contributed by atoms with van der Waals surface area (Å²) in [4.78, 5) is 56.9. The Balaban J connectivity index is 2.06. The van der Waals surface area contributed by atoms with E-state index in [-0.39, 0.29) is 24.3 Å². The fourth-order valence-electron chi connectivity index (χ4n) is 5.12. The third-order valence-electron chi connectivity index (χ3n) is 7.35. The summed E-state index contributed by atoms with van der Waals surface area (Å²) in [6.07, 6.45) is 0.951. The van der Waals surface area contributed by atoms with Crippen LogP contribution in [-0.2, 0) is 30.3 Å². The summed E-state index contributed by atoms with van der Waals surface area (Å²) in [6, 6.07) is 12.0. The zero-order chi connectivity index (χ0) is 33.7.